The van der Waals surface area contributed by atoms with Crippen LogP contribution in [0.15, 0.2) is 21.5 Å². The van der Waals surface area contributed by atoms with Crippen LogP contribution >= 0.6 is 15.9 Å². The molecule has 1 aromatic carbocycles. The van der Waals surface area contributed by atoms with Crippen molar-refractivity contribution in [3.63, 3.8) is 0 Å². The van der Waals surface area contributed by atoms with E-state index in [-0.39, 0.29) is 16.2 Å². The number of hydrogen-bond acceptors (Lipinski definition) is 4. The number of primary sulfonamides is 1. The molecule has 0 bridgehead atoms. The minimum Gasteiger partial charge on any atom is -0.495 e. The molecule has 7 heteroatoms. The number of aldehydes is 1. The van der Waals surface area contributed by atoms with Gasteiger partial charge in [0.15, 0.2) is 6.29 Å². The van der Waals surface area contributed by atoms with E-state index in [1.807, 2.05) is 0 Å². The molecule has 0 fully saturated rings. The molecule has 0 heterocycles. The van der Waals surface area contributed by atoms with Crippen LogP contribution in [-0.4, -0.2) is 21.8 Å². The van der Waals surface area contributed by atoms with Crippen LogP contribution in [0.5, 0.6) is 5.75 Å². The Hall–Kier alpha value is -0.920. The van der Waals surface area contributed by atoms with Gasteiger partial charge in [-0.2, -0.15) is 0 Å². The minimum atomic E-state index is -3.83. The summed E-state index contributed by atoms with van der Waals surface area (Å²) in [6.45, 7) is 0. The molecule has 0 spiro atoms. The lowest BCUT2D eigenvalue weighted by Gasteiger charge is -2.07. The van der Waals surface area contributed by atoms with Crippen molar-refractivity contribution in [3.8, 4) is 5.75 Å². The predicted molar refractivity (Wildman–Crippen MR) is 57.5 cm³/mol. The highest BCUT2D eigenvalue weighted by Crippen LogP contribution is 2.30. The Morgan fingerprint density at radius 3 is 2.47 bits per heavy atom. The van der Waals surface area contributed by atoms with E-state index in [9.17, 15) is 13.2 Å². The maximum absolute atomic E-state index is 11.1. The summed E-state index contributed by atoms with van der Waals surface area (Å²) >= 11 is 3.09. The van der Waals surface area contributed by atoms with Crippen molar-refractivity contribution >= 4 is 32.2 Å². The molecule has 0 aromatic heterocycles. The lowest BCUT2D eigenvalue weighted by atomic mass is 10.2. The Kier molecular flexibility index (Phi) is 3.48. The van der Waals surface area contributed by atoms with Crippen LogP contribution in [0.4, 0.5) is 0 Å². The Morgan fingerprint density at radius 1 is 1.47 bits per heavy atom. The number of carbonyl (C=O) groups is 1. The maximum Gasteiger partial charge on any atom is 0.238 e. The van der Waals surface area contributed by atoms with Gasteiger partial charge in [-0.15, -0.1) is 0 Å². The van der Waals surface area contributed by atoms with Crippen molar-refractivity contribution in [1.82, 2.24) is 0 Å². The molecule has 0 radical (unpaired) electrons. The van der Waals surface area contributed by atoms with Crippen LogP contribution in [0.2, 0.25) is 0 Å². The first kappa shape index (κ1) is 12.2. The lowest BCUT2D eigenvalue weighted by molar-refractivity contribution is 0.112. The highest BCUT2D eigenvalue weighted by atomic mass is 79.9. The minimum absolute atomic E-state index is 0.121. The van der Waals surface area contributed by atoms with Crippen molar-refractivity contribution < 1.29 is 17.9 Å². The van der Waals surface area contributed by atoms with Gasteiger partial charge < -0.3 is 4.74 Å². The van der Waals surface area contributed by atoms with Crippen molar-refractivity contribution in [1.29, 1.82) is 0 Å². The molecule has 2 N–H and O–H groups in total. The van der Waals surface area contributed by atoms with E-state index in [0.717, 1.165) is 6.07 Å². The molecule has 0 aliphatic carbocycles. The maximum atomic E-state index is 11.1. The summed E-state index contributed by atoms with van der Waals surface area (Å²) in [5.74, 6) is 0.275. The SMILES string of the molecule is COc1c(Br)cc(S(N)(=O)=O)cc1C=O. The predicted octanol–water partition coefficient (Wildman–Crippen LogP) is 0.918. The molecule has 0 atom stereocenters. The molecule has 0 aliphatic rings. The van der Waals surface area contributed by atoms with Crippen LogP contribution in [0, 0.1) is 0 Å². The molecule has 1 aromatic rings. The second-order valence-corrected chi connectivity index (χ2v) is 5.11. The van der Waals surface area contributed by atoms with Gasteiger partial charge in [-0.25, -0.2) is 13.6 Å². The molecule has 1 rings (SSSR count). The molecule has 0 saturated carbocycles. The first-order chi connectivity index (χ1) is 6.90. The lowest BCUT2D eigenvalue weighted by Crippen LogP contribution is -2.12. The van der Waals surface area contributed by atoms with Crippen LogP contribution in [0.1, 0.15) is 10.4 Å². The van der Waals surface area contributed by atoms with E-state index in [4.69, 9.17) is 9.88 Å². The zero-order valence-electron chi connectivity index (χ0n) is 7.73. The summed E-state index contributed by atoms with van der Waals surface area (Å²) in [5.41, 5.74) is 0.121. The van der Waals surface area contributed by atoms with E-state index in [0.29, 0.717) is 10.8 Å². The van der Waals surface area contributed by atoms with Crippen LogP contribution < -0.4 is 9.88 Å². The highest BCUT2D eigenvalue weighted by Gasteiger charge is 2.15. The fraction of sp³-hybridized carbons (Fsp3) is 0.125. The third kappa shape index (κ3) is 2.55. The Morgan fingerprint density at radius 2 is 2.07 bits per heavy atom. The van der Waals surface area contributed by atoms with Gasteiger partial charge >= 0.3 is 0 Å². The van der Waals surface area contributed by atoms with Gasteiger partial charge in [0.1, 0.15) is 5.75 Å². The molecule has 0 aliphatic heterocycles. The number of carbonyl (C=O) groups excluding carboxylic acids is 1. The average molecular weight is 294 g/mol. The average Bonchev–Trinajstić information content (AvgIpc) is 2.15. The number of sulfonamides is 1. The van der Waals surface area contributed by atoms with Gasteiger partial charge in [-0.3, -0.25) is 4.79 Å². The van der Waals surface area contributed by atoms with Gasteiger partial charge in [0.25, 0.3) is 0 Å². The number of benzene rings is 1. The van der Waals surface area contributed by atoms with E-state index < -0.39 is 10.0 Å². The van der Waals surface area contributed by atoms with E-state index in [1.165, 1.54) is 13.2 Å². The second-order valence-electron chi connectivity index (χ2n) is 2.69. The summed E-state index contributed by atoms with van der Waals surface area (Å²) in [5, 5.41) is 4.94. The third-order valence-electron chi connectivity index (χ3n) is 1.71. The smallest absolute Gasteiger partial charge is 0.238 e. The van der Waals surface area contributed by atoms with Gasteiger partial charge in [0, 0.05) is 0 Å². The Balaban J connectivity index is 3.52. The van der Waals surface area contributed by atoms with Crippen LogP contribution in [0.3, 0.4) is 0 Å². The van der Waals surface area contributed by atoms with Crippen LogP contribution in [-0.2, 0) is 10.0 Å². The molecule has 0 unspecified atom stereocenters. The van der Waals surface area contributed by atoms with Crippen LogP contribution in [0.25, 0.3) is 0 Å². The van der Waals surface area contributed by atoms with Gasteiger partial charge in [-0.1, -0.05) is 0 Å². The topological polar surface area (TPSA) is 86.5 Å². The van der Waals surface area contributed by atoms with Gasteiger partial charge in [0.05, 0.1) is 22.0 Å². The second kappa shape index (κ2) is 4.30. The van der Waals surface area contributed by atoms with Crippen molar-refractivity contribution in [3.05, 3.63) is 22.2 Å². The molecular formula is C8H8BrNO4S. The summed E-state index contributed by atoms with van der Waals surface area (Å²) in [4.78, 5) is 10.5. The fourth-order valence-electron chi connectivity index (χ4n) is 1.06. The molecule has 5 nitrogen and oxygen atoms in total. The Bertz CT molecular complexity index is 498. The third-order valence-corrected chi connectivity index (χ3v) is 3.19. The standard InChI is InChI=1S/C8H8BrNO4S/c1-14-8-5(4-11)2-6(3-7(8)9)15(10,12)13/h2-4H,1H3,(H2,10,12,13). The van der Waals surface area contributed by atoms with Crippen molar-refractivity contribution in [2.24, 2.45) is 5.14 Å². The van der Waals surface area contributed by atoms with E-state index in [2.05, 4.69) is 15.9 Å². The molecule has 82 valence electrons. The van der Waals surface area contributed by atoms with Gasteiger partial charge in [-0.05, 0) is 28.1 Å². The van der Waals surface area contributed by atoms with E-state index in [1.54, 1.807) is 0 Å². The molecule has 15 heavy (non-hydrogen) atoms. The number of halogens is 1. The molecule has 0 amide bonds. The number of nitrogens with two attached hydrogens (primary N) is 1. The number of ether oxygens (including phenoxy) is 1. The number of hydrogen-bond donors (Lipinski definition) is 1. The first-order valence-electron chi connectivity index (χ1n) is 3.75. The van der Waals surface area contributed by atoms with E-state index >= 15 is 0 Å². The Labute approximate surface area is 95.4 Å². The number of methoxy groups -OCH3 is 1. The summed E-state index contributed by atoms with van der Waals surface area (Å²) < 4.78 is 27.4. The zero-order valence-corrected chi connectivity index (χ0v) is 10.1. The van der Waals surface area contributed by atoms with Gasteiger partial charge in [0.2, 0.25) is 10.0 Å². The summed E-state index contributed by atoms with van der Waals surface area (Å²) in [7, 11) is -2.45. The summed E-state index contributed by atoms with van der Waals surface area (Å²) in [6, 6.07) is 2.44. The normalized spacial score (nSPS) is 11.1. The van der Waals surface area contributed by atoms with Crippen molar-refractivity contribution in [2.75, 3.05) is 7.11 Å². The molecular weight excluding hydrogens is 286 g/mol. The zero-order chi connectivity index (χ0) is 11.6. The number of rotatable bonds is 3. The quantitative estimate of drug-likeness (QED) is 0.840. The largest absolute Gasteiger partial charge is 0.495 e. The highest BCUT2D eigenvalue weighted by molar-refractivity contribution is 9.10. The first-order valence-corrected chi connectivity index (χ1v) is 6.09. The monoisotopic (exact) mass is 293 g/mol. The summed E-state index contributed by atoms with van der Waals surface area (Å²) in [6.07, 6.45) is 0.498. The molecule has 0 saturated heterocycles. The van der Waals surface area contributed by atoms with Crippen molar-refractivity contribution in [2.45, 2.75) is 4.90 Å². The fourth-order valence-corrected chi connectivity index (χ4v) is 2.42.